The summed E-state index contributed by atoms with van der Waals surface area (Å²) in [5.41, 5.74) is 1.69. The topological polar surface area (TPSA) is 72.1 Å². The van der Waals surface area contributed by atoms with Crippen molar-refractivity contribution in [3.63, 3.8) is 0 Å². The van der Waals surface area contributed by atoms with E-state index in [1.165, 1.54) is 12.8 Å². The first-order valence-electron chi connectivity index (χ1n) is 9.79. The number of rotatable bonds is 8. The van der Waals surface area contributed by atoms with Crippen LogP contribution in [0, 0.1) is 0 Å². The van der Waals surface area contributed by atoms with Gasteiger partial charge < -0.3 is 24.8 Å². The first-order valence-corrected chi connectivity index (χ1v) is 9.79. The van der Waals surface area contributed by atoms with Crippen LogP contribution in [0.15, 0.2) is 42.5 Å². The Bertz CT molecular complexity index is 799. The Kier molecular flexibility index (Phi) is 7.19. The van der Waals surface area contributed by atoms with Crippen molar-refractivity contribution in [3.8, 4) is 17.2 Å². The van der Waals surface area contributed by atoms with Crippen LogP contribution in [0.25, 0.3) is 0 Å². The molecule has 1 unspecified atom stereocenters. The van der Waals surface area contributed by atoms with E-state index in [0.29, 0.717) is 23.7 Å². The molecule has 2 amide bonds. The van der Waals surface area contributed by atoms with Crippen LogP contribution < -0.4 is 24.8 Å². The zero-order valence-electron chi connectivity index (χ0n) is 17.2. The number of carbonyl (C=O) groups is 1. The fourth-order valence-corrected chi connectivity index (χ4v) is 3.67. The first kappa shape index (κ1) is 20.8. The Morgan fingerprint density at radius 1 is 1.00 bits per heavy atom. The molecule has 2 aromatic rings. The Morgan fingerprint density at radius 3 is 2.28 bits per heavy atom. The molecular formula is C22H29N3O4. The standard InChI is InChI=1S/C22H29N3O4/c1-27-17-12-16(13-18(14-17)28-2)24-22(26)23-15-20(25-10-6-7-11-25)19-8-4-5-9-21(19)29-3/h4-5,8-9,12-14,20H,6-7,10-11,15H2,1-3H3,(H2,23,24,26). The molecule has 1 aliphatic heterocycles. The SMILES string of the molecule is COc1cc(NC(=O)NCC(c2ccccc2OC)N2CCCC2)cc(OC)c1. The molecule has 7 nitrogen and oxygen atoms in total. The van der Waals surface area contributed by atoms with Crippen LogP contribution in [0.5, 0.6) is 17.2 Å². The maximum Gasteiger partial charge on any atom is 0.319 e. The molecule has 1 aliphatic rings. The van der Waals surface area contributed by atoms with Gasteiger partial charge in [-0.1, -0.05) is 18.2 Å². The predicted molar refractivity (Wildman–Crippen MR) is 113 cm³/mol. The van der Waals surface area contributed by atoms with Gasteiger partial charge in [-0.25, -0.2) is 4.79 Å². The van der Waals surface area contributed by atoms with Crippen molar-refractivity contribution in [2.45, 2.75) is 18.9 Å². The molecule has 29 heavy (non-hydrogen) atoms. The van der Waals surface area contributed by atoms with E-state index in [0.717, 1.165) is 24.4 Å². The third-order valence-electron chi connectivity index (χ3n) is 5.14. The summed E-state index contributed by atoms with van der Waals surface area (Å²) in [6, 6.07) is 13.0. The average Bonchev–Trinajstić information content (AvgIpc) is 3.28. The number of carbonyl (C=O) groups excluding carboxylic acids is 1. The minimum atomic E-state index is -0.278. The number of benzene rings is 2. The summed E-state index contributed by atoms with van der Waals surface area (Å²) in [7, 11) is 4.83. The van der Waals surface area contributed by atoms with E-state index in [2.05, 4.69) is 21.6 Å². The molecule has 156 valence electrons. The maximum atomic E-state index is 12.6. The zero-order chi connectivity index (χ0) is 20.6. The van der Waals surface area contributed by atoms with Gasteiger partial charge >= 0.3 is 6.03 Å². The lowest BCUT2D eigenvalue weighted by Gasteiger charge is -2.29. The van der Waals surface area contributed by atoms with Crippen molar-refractivity contribution in [3.05, 3.63) is 48.0 Å². The van der Waals surface area contributed by atoms with E-state index in [1.807, 2.05) is 18.2 Å². The molecular weight excluding hydrogens is 370 g/mol. The largest absolute Gasteiger partial charge is 0.497 e. The maximum absolute atomic E-state index is 12.6. The molecule has 1 fully saturated rings. The summed E-state index contributed by atoms with van der Waals surface area (Å²) in [6.45, 7) is 2.51. The highest BCUT2D eigenvalue weighted by Gasteiger charge is 2.26. The molecule has 0 aromatic heterocycles. The van der Waals surface area contributed by atoms with Crippen LogP contribution in [0.3, 0.4) is 0 Å². The van der Waals surface area contributed by atoms with Crippen molar-refractivity contribution >= 4 is 11.7 Å². The van der Waals surface area contributed by atoms with E-state index in [1.54, 1.807) is 39.5 Å². The van der Waals surface area contributed by atoms with Crippen LogP contribution in [0.4, 0.5) is 10.5 Å². The Hall–Kier alpha value is -2.93. The zero-order valence-corrected chi connectivity index (χ0v) is 17.2. The summed E-state index contributed by atoms with van der Waals surface area (Å²) in [6.07, 6.45) is 2.34. The number of hydrogen-bond donors (Lipinski definition) is 2. The number of methoxy groups -OCH3 is 3. The molecule has 1 saturated heterocycles. The van der Waals surface area contributed by atoms with Gasteiger partial charge in [-0.3, -0.25) is 4.90 Å². The van der Waals surface area contributed by atoms with Crippen LogP contribution in [-0.4, -0.2) is 51.9 Å². The van der Waals surface area contributed by atoms with Crippen LogP contribution >= 0.6 is 0 Å². The lowest BCUT2D eigenvalue weighted by molar-refractivity contribution is 0.224. The second-order valence-electron chi connectivity index (χ2n) is 6.94. The number of anilines is 1. The number of amides is 2. The van der Waals surface area contributed by atoms with Gasteiger partial charge in [0.05, 0.1) is 27.4 Å². The van der Waals surface area contributed by atoms with Crippen molar-refractivity contribution in [1.82, 2.24) is 10.2 Å². The summed E-state index contributed by atoms with van der Waals surface area (Å²) >= 11 is 0. The van der Waals surface area contributed by atoms with Gasteiger partial charge in [-0.2, -0.15) is 0 Å². The van der Waals surface area contributed by atoms with Crippen molar-refractivity contribution in [2.24, 2.45) is 0 Å². The molecule has 0 bridgehead atoms. The molecule has 3 rings (SSSR count). The van der Waals surface area contributed by atoms with E-state index in [4.69, 9.17) is 14.2 Å². The second-order valence-corrected chi connectivity index (χ2v) is 6.94. The fourth-order valence-electron chi connectivity index (χ4n) is 3.67. The summed E-state index contributed by atoms with van der Waals surface area (Å²) < 4.78 is 16.1. The second kappa shape index (κ2) is 10.0. The molecule has 0 saturated carbocycles. The van der Waals surface area contributed by atoms with Gasteiger partial charge in [0.1, 0.15) is 17.2 Å². The number of nitrogens with zero attached hydrogens (tertiary/aromatic N) is 1. The first-order chi connectivity index (χ1) is 14.1. The molecule has 0 aliphatic carbocycles. The molecule has 2 N–H and O–H groups in total. The molecule has 2 aromatic carbocycles. The van der Waals surface area contributed by atoms with Crippen LogP contribution in [-0.2, 0) is 0 Å². The third-order valence-corrected chi connectivity index (χ3v) is 5.14. The van der Waals surface area contributed by atoms with E-state index >= 15 is 0 Å². The predicted octanol–water partition coefficient (Wildman–Crippen LogP) is 3.67. The number of likely N-dealkylation sites (tertiary alicyclic amines) is 1. The number of nitrogens with one attached hydrogen (secondary N) is 2. The summed E-state index contributed by atoms with van der Waals surface area (Å²) in [5.74, 6) is 2.07. The van der Waals surface area contributed by atoms with Gasteiger partial charge in [0.2, 0.25) is 0 Å². The van der Waals surface area contributed by atoms with Crippen molar-refractivity contribution in [2.75, 3.05) is 46.3 Å². The molecule has 0 radical (unpaired) electrons. The lowest BCUT2D eigenvalue weighted by atomic mass is 10.0. The van der Waals surface area contributed by atoms with Gasteiger partial charge in [-0.05, 0) is 32.0 Å². The highest BCUT2D eigenvalue weighted by molar-refractivity contribution is 5.89. The molecule has 0 spiro atoms. The number of urea groups is 1. The average molecular weight is 399 g/mol. The molecule has 1 atom stereocenters. The quantitative estimate of drug-likeness (QED) is 0.709. The highest BCUT2D eigenvalue weighted by Crippen LogP contribution is 2.31. The molecule has 1 heterocycles. The number of hydrogen-bond acceptors (Lipinski definition) is 5. The van der Waals surface area contributed by atoms with E-state index < -0.39 is 0 Å². The lowest BCUT2D eigenvalue weighted by Crippen LogP contribution is -2.38. The Labute approximate surface area is 171 Å². The normalized spacial score (nSPS) is 14.9. The van der Waals surface area contributed by atoms with E-state index in [-0.39, 0.29) is 12.1 Å². The highest BCUT2D eigenvalue weighted by atomic mass is 16.5. The monoisotopic (exact) mass is 399 g/mol. The minimum absolute atomic E-state index is 0.0549. The Morgan fingerprint density at radius 2 is 1.66 bits per heavy atom. The number of ether oxygens (including phenoxy) is 3. The Balaban J connectivity index is 1.70. The van der Waals surface area contributed by atoms with Gasteiger partial charge in [0.25, 0.3) is 0 Å². The minimum Gasteiger partial charge on any atom is -0.497 e. The van der Waals surface area contributed by atoms with Crippen molar-refractivity contribution < 1.29 is 19.0 Å². The summed E-state index contributed by atoms with van der Waals surface area (Å²) in [4.78, 5) is 15.0. The third kappa shape index (κ3) is 5.32. The summed E-state index contributed by atoms with van der Waals surface area (Å²) in [5, 5.41) is 5.86. The van der Waals surface area contributed by atoms with E-state index in [9.17, 15) is 4.79 Å². The van der Waals surface area contributed by atoms with Crippen LogP contribution in [0.2, 0.25) is 0 Å². The van der Waals surface area contributed by atoms with Gasteiger partial charge in [0, 0.05) is 36.0 Å². The van der Waals surface area contributed by atoms with Crippen molar-refractivity contribution in [1.29, 1.82) is 0 Å². The van der Waals surface area contributed by atoms with Gasteiger partial charge in [-0.15, -0.1) is 0 Å². The number of para-hydroxylation sites is 1. The van der Waals surface area contributed by atoms with Gasteiger partial charge in [0.15, 0.2) is 0 Å². The molecule has 7 heteroatoms. The van der Waals surface area contributed by atoms with Crippen LogP contribution in [0.1, 0.15) is 24.4 Å². The smallest absolute Gasteiger partial charge is 0.319 e. The fraction of sp³-hybridized carbons (Fsp3) is 0.409.